The topological polar surface area (TPSA) is 56.7 Å². The summed E-state index contributed by atoms with van der Waals surface area (Å²) in [6.07, 6.45) is 0. The second kappa shape index (κ2) is 9.50. The highest BCUT2D eigenvalue weighted by atomic mass is 19.1. The Balaban J connectivity index is 2.06. The van der Waals surface area contributed by atoms with Crippen LogP contribution in [0.5, 0.6) is 0 Å². The van der Waals surface area contributed by atoms with Gasteiger partial charge in [-0.25, -0.2) is 13.8 Å². The Labute approximate surface area is 151 Å². The van der Waals surface area contributed by atoms with Crippen molar-refractivity contribution in [3.05, 3.63) is 71.3 Å². The van der Waals surface area contributed by atoms with E-state index < -0.39 is 11.6 Å². The Morgan fingerprint density at radius 3 is 2.50 bits per heavy atom. The number of carbonyl (C=O) groups excluding carboxylic acids is 1. The highest BCUT2D eigenvalue weighted by Gasteiger charge is 2.08. The fraction of sp³-hybridized carbons (Fsp3) is 0.263. The average molecular weight is 360 g/mol. The molecule has 0 spiro atoms. The van der Waals surface area contributed by atoms with Gasteiger partial charge in [0.05, 0.1) is 13.1 Å². The zero-order chi connectivity index (χ0) is 18.9. The van der Waals surface area contributed by atoms with Crippen LogP contribution < -0.4 is 10.6 Å². The number of halogens is 2. The van der Waals surface area contributed by atoms with Gasteiger partial charge in [0.2, 0.25) is 5.91 Å². The summed E-state index contributed by atoms with van der Waals surface area (Å²) in [4.78, 5) is 17.6. The van der Waals surface area contributed by atoms with Crippen LogP contribution in [-0.2, 0) is 17.9 Å². The average Bonchev–Trinajstić information content (AvgIpc) is 2.64. The Morgan fingerprint density at radius 1 is 1.08 bits per heavy atom. The number of nitrogens with one attached hydrogen (secondary N) is 2. The first-order valence-electron chi connectivity index (χ1n) is 8.16. The fourth-order valence-corrected chi connectivity index (χ4v) is 2.10. The summed E-state index contributed by atoms with van der Waals surface area (Å²) in [7, 11) is 3.31. The van der Waals surface area contributed by atoms with E-state index in [1.54, 1.807) is 14.1 Å². The molecule has 1 amide bonds. The number of hydrogen-bond acceptors (Lipinski definition) is 2. The molecule has 2 aromatic carbocycles. The number of guanidine groups is 1. The molecular weight excluding hydrogens is 338 g/mol. The van der Waals surface area contributed by atoms with E-state index in [1.807, 2.05) is 30.3 Å². The monoisotopic (exact) mass is 360 g/mol. The van der Waals surface area contributed by atoms with Crippen molar-refractivity contribution in [1.29, 1.82) is 0 Å². The molecular formula is C19H22F2N4O. The first-order valence-corrected chi connectivity index (χ1v) is 8.16. The third-order valence-corrected chi connectivity index (χ3v) is 3.62. The SMILES string of the molecule is CN(C)C(=O)CNC(=NCc1ccccc1)NCc1cc(F)ccc1F. The molecule has 0 aliphatic carbocycles. The minimum atomic E-state index is -0.512. The molecule has 0 saturated carbocycles. The Morgan fingerprint density at radius 2 is 1.81 bits per heavy atom. The number of rotatable bonds is 6. The lowest BCUT2D eigenvalue weighted by molar-refractivity contribution is -0.127. The van der Waals surface area contributed by atoms with Gasteiger partial charge in [-0.3, -0.25) is 4.79 Å². The van der Waals surface area contributed by atoms with Crippen molar-refractivity contribution in [2.45, 2.75) is 13.1 Å². The van der Waals surface area contributed by atoms with Crippen LogP contribution in [0.1, 0.15) is 11.1 Å². The van der Waals surface area contributed by atoms with Gasteiger partial charge in [-0.2, -0.15) is 0 Å². The minimum Gasteiger partial charge on any atom is -0.352 e. The van der Waals surface area contributed by atoms with Gasteiger partial charge in [0, 0.05) is 26.2 Å². The molecule has 2 N–H and O–H groups in total. The highest BCUT2D eigenvalue weighted by molar-refractivity contribution is 5.86. The maximum Gasteiger partial charge on any atom is 0.241 e. The molecule has 0 heterocycles. The van der Waals surface area contributed by atoms with Crippen molar-refractivity contribution in [2.24, 2.45) is 4.99 Å². The predicted molar refractivity (Wildman–Crippen MR) is 97.5 cm³/mol. The summed E-state index contributed by atoms with van der Waals surface area (Å²) in [5.74, 6) is -0.809. The quantitative estimate of drug-likeness (QED) is 0.614. The standard InChI is InChI=1S/C19H22F2N4O/c1-25(2)18(26)13-24-19(22-11-14-6-4-3-5-7-14)23-12-15-10-16(20)8-9-17(15)21/h3-10H,11-13H2,1-2H3,(H2,22,23,24). The number of hydrogen-bond donors (Lipinski definition) is 2. The van der Waals surface area contributed by atoms with Crippen LogP contribution in [0.25, 0.3) is 0 Å². The summed E-state index contributed by atoms with van der Waals surface area (Å²) >= 11 is 0. The normalized spacial score (nSPS) is 11.2. The van der Waals surface area contributed by atoms with Crippen LogP contribution in [0.2, 0.25) is 0 Å². The molecule has 138 valence electrons. The van der Waals surface area contributed by atoms with Gasteiger partial charge in [-0.1, -0.05) is 30.3 Å². The largest absolute Gasteiger partial charge is 0.352 e. The molecule has 0 aliphatic rings. The van der Waals surface area contributed by atoms with E-state index in [2.05, 4.69) is 15.6 Å². The fourth-order valence-electron chi connectivity index (χ4n) is 2.10. The van der Waals surface area contributed by atoms with Gasteiger partial charge in [0.1, 0.15) is 11.6 Å². The number of aliphatic imine (C=N–C) groups is 1. The second-order valence-corrected chi connectivity index (χ2v) is 5.88. The molecule has 2 rings (SSSR count). The molecule has 0 aliphatic heterocycles. The summed E-state index contributed by atoms with van der Waals surface area (Å²) < 4.78 is 27.1. The van der Waals surface area contributed by atoms with Crippen molar-refractivity contribution < 1.29 is 13.6 Å². The van der Waals surface area contributed by atoms with Crippen LogP contribution >= 0.6 is 0 Å². The van der Waals surface area contributed by atoms with E-state index >= 15 is 0 Å². The lowest BCUT2D eigenvalue weighted by atomic mass is 10.2. The van der Waals surface area contributed by atoms with Crippen molar-refractivity contribution in [1.82, 2.24) is 15.5 Å². The van der Waals surface area contributed by atoms with Gasteiger partial charge in [0.25, 0.3) is 0 Å². The molecule has 7 heteroatoms. The maximum absolute atomic E-state index is 13.8. The van der Waals surface area contributed by atoms with Crippen molar-refractivity contribution in [3.8, 4) is 0 Å². The van der Waals surface area contributed by atoms with Crippen LogP contribution in [0.3, 0.4) is 0 Å². The second-order valence-electron chi connectivity index (χ2n) is 5.88. The van der Waals surface area contributed by atoms with Gasteiger partial charge < -0.3 is 15.5 Å². The van der Waals surface area contributed by atoms with Crippen LogP contribution in [-0.4, -0.2) is 37.4 Å². The number of carbonyl (C=O) groups is 1. The maximum atomic E-state index is 13.8. The molecule has 0 radical (unpaired) electrons. The van der Waals surface area contributed by atoms with Crippen LogP contribution in [0.4, 0.5) is 8.78 Å². The molecule has 0 bridgehead atoms. The smallest absolute Gasteiger partial charge is 0.241 e. The summed E-state index contributed by atoms with van der Waals surface area (Å²) in [6, 6.07) is 12.9. The third kappa shape index (κ3) is 6.16. The first-order chi connectivity index (χ1) is 12.5. The van der Waals surface area contributed by atoms with E-state index in [0.717, 1.165) is 23.8 Å². The van der Waals surface area contributed by atoms with Gasteiger partial charge in [0.15, 0.2) is 5.96 Å². The Bertz CT molecular complexity index is 763. The molecule has 5 nitrogen and oxygen atoms in total. The van der Waals surface area contributed by atoms with Crippen molar-refractivity contribution >= 4 is 11.9 Å². The van der Waals surface area contributed by atoms with Gasteiger partial charge in [-0.05, 0) is 23.8 Å². The number of nitrogens with zero attached hydrogens (tertiary/aromatic N) is 2. The van der Waals surface area contributed by atoms with Crippen molar-refractivity contribution in [2.75, 3.05) is 20.6 Å². The number of benzene rings is 2. The van der Waals surface area contributed by atoms with Crippen LogP contribution in [0, 0.1) is 11.6 Å². The first kappa shape index (κ1) is 19.4. The van der Waals surface area contributed by atoms with Crippen molar-refractivity contribution in [3.63, 3.8) is 0 Å². The highest BCUT2D eigenvalue weighted by Crippen LogP contribution is 2.09. The zero-order valence-electron chi connectivity index (χ0n) is 14.8. The lowest BCUT2D eigenvalue weighted by Crippen LogP contribution is -2.42. The Hall–Kier alpha value is -2.96. The zero-order valence-corrected chi connectivity index (χ0v) is 14.8. The van der Waals surface area contributed by atoms with E-state index in [0.29, 0.717) is 12.5 Å². The van der Waals surface area contributed by atoms with Gasteiger partial charge in [-0.15, -0.1) is 0 Å². The van der Waals surface area contributed by atoms with E-state index in [9.17, 15) is 13.6 Å². The molecule has 0 unspecified atom stereocenters. The van der Waals surface area contributed by atoms with Gasteiger partial charge >= 0.3 is 0 Å². The van der Waals surface area contributed by atoms with E-state index in [1.165, 1.54) is 4.90 Å². The molecule has 0 fully saturated rings. The minimum absolute atomic E-state index is 0.0409. The molecule has 0 saturated heterocycles. The molecule has 26 heavy (non-hydrogen) atoms. The molecule has 0 atom stereocenters. The van der Waals surface area contributed by atoms with Crippen LogP contribution in [0.15, 0.2) is 53.5 Å². The predicted octanol–water partition coefficient (Wildman–Crippen LogP) is 2.29. The Kier molecular flexibility index (Phi) is 7.08. The van der Waals surface area contributed by atoms with E-state index in [4.69, 9.17) is 0 Å². The lowest BCUT2D eigenvalue weighted by Gasteiger charge is -2.15. The summed E-state index contributed by atoms with van der Waals surface area (Å²) in [5.41, 5.74) is 1.17. The summed E-state index contributed by atoms with van der Waals surface area (Å²) in [6.45, 7) is 0.470. The number of likely N-dealkylation sites (N-methyl/N-ethyl adjacent to an activating group) is 1. The molecule has 0 aromatic heterocycles. The molecule has 2 aromatic rings. The third-order valence-electron chi connectivity index (χ3n) is 3.62. The number of amides is 1. The summed E-state index contributed by atoms with van der Waals surface area (Å²) in [5, 5.41) is 5.84. The van der Waals surface area contributed by atoms with E-state index in [-0.39, 0.29) is 24.6 Å².